The molecule has 13 heavy (non-hydrogen) atoms. The fourth-order valence-corrected chi connectivity index (χ4v) is 1.58. The molecule has 0 heterocycles. The molecule has 0 aliphatic heterocycles. The number of rotatable bonds is 2. The summed E-state index contributed by atoms with van der Waals surface area (Å²) in [6.07, 6.45) is 2.19. The van der Waals surface area contributed by atoms with Crippen LogP contribution in [0.3, 0.4) is 0 Å². The van der Waals surface area contributed by atoms with Gasteiger partial charge in [0.25, 0.3) is 0 Å². The summed E-state index contributed by atoms with van der Waals surface area (Å²) in [5.41, 5.74) is 8.47. The number of ether oxygens (including phenoxy) is 1. The Morgan fingerprint density at radius 1 is 1.31 bits per heavy atom. The predicted molar refractivity (Wildman–Crippen MR) is 52.8 cm³/mol. The molecule has 0 bridgehead atoms. The Balaban J connectivity index is 2.40. The Kier molecular flexibility index (Phi) is 1.81. The Hall–Kier alpha value is -1.02. The highest BCUT2D eigenvalue weighted by Crippen LogP contribution is 2.43. The van der Waals surface area contributed by atoms with Crippen molar-refractivity contribution in [2.75, 3.05) is 7.11 Å². The van der Waals surface area contributed by atoms with Crippen LogP contribution in [0.15, 0.2) is 18.2 Å². The van der Waals surface area contributed by atoms with Crippen LogP contribution in [0.25, 0.3) is 0 Å². The molecular formula is C11H15NO. The first-order valence-corrected chi connectivity index (χ1v) is 4.59. The molecule has 0 unspecified atom stereocenters. The van der Waals surface area contributed by atoms with Crippen molar-refractivity contribution < 1.29 is 4.74 Å². The number of nitrogens with two attached hydrogens (primary N) is 1. The molecule has 2 rings (SSSR count). The minimum Gasteiger partial charge on any atom is -0.497 e. The zero-order valence-corrected chi connectivity index (χ0v) is 8.13. The van der Waals surface area contributed by atoms with Crippen molar-refractivity contribution >= 4 is 0 Å². The van der Waals surface area contributed by atoms with Gasteiger partial charge in [-0.3, -0.25) is 0 Å². The van der Waals surface area contributed by atoms with Gasteiger partial charge in [-0.2, -0.15) is 0 Å². The number of hydrogen-bond acceptors (Lipinski definition) is 2. The number of benzene rings is 1. The van der Waals surface area contributed by atoms with Gasteiger partial charge in [-0.15, -0.1) is 0 Å². The van der Waals surface area contributed by atoms with Gasteiger partial charge in [0, 0.05) is 5.54 Å². The third-order valence-corrected chi connectivity index (χ3v) is 2.65. The molecule has 0 saturated heterocycles. The summed E-state index contributed by atoms with van der Waals surface area (Å²) < 4.78 is 5.20. The van der Waals surface area contributed by atoms with Crippen molar-refractivity contribution in [1.82, 2.24) is 0 Å². The van der Waals surface area contributed by atoms with Crippen molar-refractivity contribution in [3.8, 4) is 5.75 Å². The molecule has 2 N–H and O–H groups in total. The largest absolute Gasteiger partial charge is 0.497 e. The van der Waals surface area contributed by atoms with Crippen molar-refractivity contribution in [3.05, 3.63) is 29.3 Å². The van der Waals surface area contributed by atoms with Gasteiger partial charge >= 0.3 is 0 Å². The first-order valence-electron chi connectivity index (χ1n) is 4.59. The third kappa shape index (κ3) is 1.54. The lowest BCUT2D eigenvalue weighted by atomic mass is 10.0. The maximum atomic E-state index is 6.10. The van der Waals surface area contributed by atoms with E-state index in [1.807, 2.05) is 12.1 Å². The van der Waals surface area contributed by atoms with Crippen molar-refractivity contribution in [2.45, 2.75) is 25.3 Å². The molecule has 1 aromatic rings. The molecule has 0 radical (unpaired) electrons. The smallest absolute Gasteiger partial charge is 0.119 e. The van der Waals surface area contributed by atoms with Gasteiger partial charge in [-0.05, 0) is 43.0 Å². The maximum absolute atomic E-state index is 6.10. The molecule has 1 fully saturated rings. The van der Waals surface area contributed by atoms with E-state index in [1.54, 1.807) is 7.11 Å². The summed E-state index contributed by atoms with van der Waals surface area (Å²) in [7, 11) is 1.69. The first-order chi connectivity index (χ1) is 6.14. The zero-order chi connectivity index (χ0) is 9.47. The second-order valence-electron chi connectivity index (χ2n) is 3.90. The lowest BCUT2D eigenvalue weighted by molar-refractivity contribution is 0.413. The van der Waals surface area contributed by atoms with Crippen molar-refractivity contribution in [1.29, 1.82) is 0 Å². The molecule has 1 saturated carbocycles. The second-order valence-corrected chi connectivity index (χ2v) is 3.90. The van der Waals surface area contributed by atoms with Crippen LogP contribution in [-0.4, -0.2) is 7.11 Å². The zero-order valence-electron chi connectivity index (χ0n) is 8.13. The van der Waals surface area contributed by atoms with E-state index in [-0.39, 0.29) is 5.54 Å². The summed E-state index contributed by atoms with van der Waals surface area (Å²) in [5, 5.41) is 0. The quantitative estimate of drug-likeness (QED) is 0.749. The van der Waals surface area contributed by atoms with E-state index >= 15 is 0 Å². The molecule has 0 spiro atoms. The average Bonchev–Trinajstić information content (AvgIpc) is 2.84. The molecule has 2 heteroatoms. The number of methoxy groups -OCH3 is 1. The molecule has 1 aliphatic rings. The van der Waals surface area contributed by atoms with Crippen LogP contribution in [0.4, 0.5) is 0 Å². The maximum Gasteiger partial charge on any atom is 0.119 e. The molecule has 2 nitrogen and oxygen atoms in total. The first kappa shape index (κ1) is 8.57. The lowest BCUT2D eigenvalue weighted by Gasteiger charge is -2.11. The molecule has 0 amide bonds. The Labute approximate surface area is 78.7 Å². The van der Waals surface area contributed by atoms with Crippen LogP contribution in [0.1, 0.15) is 24.0 Å². The van der Waals surface area contributed by atoms with Crippen LogP contribution in [0, 0.1) is 6.92 Å². The second kappa shape index (κ2) is 2.74. The van der Waals surface area contributed by atoms with E-state index in [4.69, 9.17) is 10.5 Å². The van der Waals surface area contributed by atoms with E-state index in [2.05, 4.69) is 13.0 Å². The highest BCUT2D eigenvalue weighted by atomic mass is 16.5. The van der Waals surface area contributed by atoms with Crippen molar-refractivity contribution in [2.24, 2.45) is 5.73 Å². The van der Waals surface area contributed by atoms with Crippen LogP contribution < -0.4 is 10.5 Å². The third-order valence-electron chi connectivity index (χ3n) is 2.65. The minimum atomic E-state index is -0.0562. The Morgan fingerprint density at radius 3 is 2.54 bits per heavy atom. The Bertz CT molecular complexity index is 329. The van der Waals surface area contributed by atoms with Gasteiger partial charge in [-0.1, -0.05) is 6.07 Å². The molecule has 70 valence electrons. The van der Waals surface area contributed by atoms with Gasteiger partial charge in [0.2, 0.25) is 0 Å². The minimum absolute atomic E-state index is 0.0562. The summed E-state index contributed by atoms with van der Waals surface area (Å²) in [6.45, 7) is 2.07. The molecular weight excluding hydrogens is 162 g/mol. The highest BCUT2D eigenvalue weighted by Gasteiger charge is 2.40. The van der Waals surface area contributed by atoms with E-state index < -0.39 is 0 Å². The monoisotopic (exact) mass is 177 g/mol. The summed E-state index contributed by atoms with van der Waals surface area (Å²) in [6, 6.07) is 6.21. The predicted octanol–water partition coefficient (Wildman–Crippen LogP) is 1.95. The summed E-state index contributed by atoms with van der Waals surface area (Å²) >= 11 is 0. The van der Waals surface area contributed by atoms with Gasteiger partial charge in [0.05, 0.1) is 7.11 Å². The number of hydrogen-bond donors (Lipinski definition) is 1. The van der Waals surface area contributed by atoms with Crippen LogP contribution in [0.2, 0.25) is 0 Å². The summed E-state index contributed by atoms with van der Waals surface area (Å²) in [4.78, 5) is 0. The molecule has 1 aromatic carbocycles. The van der Waals surface area contributed by atoms with Crippen molar-refractivity contribution in [3.63, 3.8) is 0 Å². The molecule has 0 atom stereocenters. The highest BCUT2D eigenvalue weighted by molar-refractivity contribution is 5.39. The van der Waals surface area contributed by atoms with E-state index in [9.17, 15) is 0 Å². The van der Waals surface area contributed by atoms with Gasteiger partial charge < -0.3 is 10.5 Å². The molecule has 0 aromatic heterocycles. The van der Waals surface area contributed by atoms with E-state index in [0.29, 0.717) is 0 Å². The lowest BCUT2D eigenvalue weighted by Crippen LogP contribution is -2.18. The SMILES string of the molecule is COc1cc(C)cc(C2(N)CC2)c1. The average molecular weight is 177 g/mol. The Morgan fingerprint density at radius 2 is 2.00 bits per heavy atom. The standard InChI is InChI=1S/C11H15NO/c1-8-5-9(11(12)3-4-11)7-10(6-8)13-2/h5-7H,3-4,12H2,1-2H3. The fraction of sp³-hybridized carbons (Fsp3) is 0.455. The van der Waals surface area contributed by atoms with Gasteiger partial charge in [0.1, 0.15) is 5.75 Å². The number of aryl methyl sites for hydroxylation is 1. The van der Waals surface area contributed by atoms with Crippen LogP contribution >= 0.6 is 0 Å². The fourth-order valence-electron chi connectivity index (χ4n) is 1.58. The van der Waals surface area contributed by atoms with Crippen LogP contribution in [0.5, 0.6) is 5.75 Å². The summed E-state index contributed by atoms with van der Waals surface area (Å²) in [5.74, 6) is 0.909. The van der Waals surface area contributed by atoms with Gasteiger partial charge in [-0.25, -0.2) is 0 Å². The van der Waals surface area contributed by atoms with E-state index in [0.717, 1.165) is 18.6 Å². The van der Waals surface area contributed by atoms with E-state index in [1.165, 1.54) is 11.1 Å². The van der Waals surface area contributed by atoms with Crippen LogP contribution in [-0.2, 0) is 5.54 Å². The van der Waals surface area contributed by atoms with Gasteiger partial charge in [0.15, 0.2) is 0 Å². The molecule has 1 aliphatic carbocycles. The topological polar surface area (TPSA) is 35.2 Å². The normalized spacial score (nSPS) is 18.4.